The van der Waals surface area contributed by atoms with E-state index in [4.69, 9.17) is 9.47 Å². The molecule has 0 saturated heterocycles. The van der Waals surface area contributed by atoms with Crippen molar-refractivity contribution >= 4 is 27.5 Å². The Labute approximate surface area is 154 Å². The fourth-order valence-electron chi connectivity index (χ4n) is 2.23. The molecule has 0 radical (unpaired) electrons. The molecule has 0 aliphatic rings. The van der Waals surface area contributed by atoms with Crippen molar-refractivity contribution < 1.29 is 18.7 Å². The van der Waals surface area contributed by atoms with Crippen molar-refractivity contribution in [2.75, 3.05) is 26.1 Å². The zero-order chi connectivity index (χ0) is 18.2. The van der Waals surface area contributed by atoms with E-state index < -0.39 is 5.82 Å². The fraction of sp³-hybridized carbons (Fsp3) is 0.278. The summed E-state index contributed by atoms with van der Waals surface area (Å²) < 4.78 is 24.8. The molecule has 1 amide bonds. The summed E-state index contributed by atoms with van der Waals surface area (Å²) in [6, 6.07) is 10.1. The highest BCUT2D eigenvalue weighted by Gasteiger charge is 2.08. The Morgan fingerprint density at radius 2 is 1.96 bits per heavy atom. The summed E-state index contributed by atoms with van der Waals surface area (Å²) in [6.45, 7) is 1.01. The Morgan fingerprint density at radius 1 is 1.16 bits per heavy atom. The Bertz CT molecular complexity index is 740. The molecule has 5 nitrogen and oxygen atoms in total. The van der Waals surface area contributed by atoms with Crippen LogP contribution >= 0.6 is 15.9 Å². The van der Waals surface area contributed by atoms with Gasteiger partial charge in [0.1, 0.15) is 17.3 Å². The van der Waals surface area contributed by atoms with Gasteiger partial charge in [0.2, 0.25) is 5.91 Å². The van der Waals surface area contributed by atoms with Crippen molar-refractivity contribution in [3.8, 4) is 11.5 Å². The van der Waals surface area contributed by atoms with Crippen molar-refractivity contribution in [1.29, 1.82) is 0 Å². The number of amides is 1. The molecular weight excluding hydrogens is 391 g/mol. The van der Waals surface area contributed by atoms with Crippen LogP contribution in [0, 0.1) is 5.82 Å². The molecule has 2 N–H and O–H groups in total. The van der Waals surface area contributed by atoms with Gasteiger partial charge in [-0.1, -0.05) is 22.0 Å². The number of ether oxygens (including phenoxy) is 2. The predicted octanol–water partition coefficient (Wildman–Crippen LogP) is 3.72. The quantitative estimate of drug-likeness (QED) is 0.651. The van der Waals surface area contributed by atoms with Gasteiger partial charge in [0.05, 0.1) is 19.9 Å². The molecule has 2 rings (SSSR count). The lowest BCUT2D eigenvalue weighted by atomic mass is 10.2. The van der Waals surface area contributed by atoms with E-state index >= 15 is 0 Å². The van der Waals surface area contributed by atoms with Crippen molar-refractivity contribution in [3.05, 3.63) is 52.3 Å². The third-order valence-electron chi connectivity index (χ3n) is 3.54. The molecule has 0 heterocycles. The normalized spacial score (nSPS) is 10.4. The highest BCUT2D eigenvalue weighted by atomic mass is 79.9. The predicted molar refractivity (Wildman–Crippen MR) is 98.6 cm³/mol. The average Bonchev–Trinajstić information content (AvgIpc) is 2.61. The summed E-state index contributed by atoms with van der Waals surface area (Å²) in [6.07, 6.45) is 0.230. The third kappa shape index (κ3) is 5.72. The molecule has 25 heavy (non-hydrogen) atoms. The van der Waals surface area contributed by atoms with Crippen molar-refractivity contribution in [2.24, 2.45) is 0 Å². The molecule has 0 spiro atoms. The Hall–Kier alpha value is -2.12. The van der Waals surface area contributed by atoms with E-state index in [0.717, 1.165) is 11.3 Å². The van der Waals surface area contributed by atoms with Gasteiger partial charge in [-0.25, -0.2) is 4.39 Å². The number of anilines is 1. The molecule has 0 aromatic heterocycles. The molecule has 134 valence electrons. The minimum absolute atomic E-state index is 0.171. The van der Waals surface area contributed by atoms with Crippen LogP contribution in [0.2, 0.25) is 0 Å². The fourth-order valence-corrected chi connectivity index (χ4v) is 2.56. The van der Waals surface area contributed by atoms with Gasteiger partial charge in [0.25, 0.3) is 0 Å². The van der Waals surface area contributed by atoms with E-state index in [1.807, 2.05) is 12.1 Å². The number of hydrogen-bond donors (Lipinski definition) is 2. The van der Waals surface area contributed by atoms with Crippen LogP contribution in [0.5, 0.6) is 11.5 Å². The van der Waals surface area contributed by atoms with E-state index in [9.17, 15) is 9.18 Å². The van der Waals surface area contributed by atoms with Gasteiger partial charge in [-0.3, -0.25) is 4.79 Å². The number of halogens is 2. The van der Waals surface area contributed by atoms with E-state index in [0.29, 0.717) is 23.3 Å². The number of carbonyl (C=O) groups excluding carboxylic acids is 1. The minimum atomic E-state index is -0.473. The molecule has 0 unspecified atom stereocenters. The van der Waals surface area contributed by atoms with E-state index in [-0.39, 0.29) is 18.0 Å². The summed E-state index contributed by atoms with van der Waals surface area (Å²) in [7, 11) is 3.19. The van der Waals surface area contributed by atoms with Crippen LogP contribution in [0.15, 0.2) is 40.9 Å². The summed E-state index contributed by atoms with van der Waals surface area (Å²) in [4.78, 5) is 11.9. The maximum atomic E-state index is 13.7. The van der Waals surface area contributed by atoms with Gasteiger partial charge in [-0.2, -0.15) is 0 Å². The Morgan fingerprint density at radius 3 is 2.64 bits per heavy atom. The molecule has 2 aromatic carbocycles. The maximum absolute atomic E-state index is 13.7. The van der Waals surface area contributed by atoms with E-state index in [1.54, 1.807) is 26.4 Å². The number of methoxy groups -OCH3 is 2. The first-order valence-corrected chi connectivity index (χ1v) is 8.49. The largest absolute Gasteiger partial charge is 0.497 e. The SMILES string of the molecule is COc1ccc(CNCCC(=O)Nc2ccc(Br)cc2F)c(OC)c1. The van der Waals surface area contributed by atoms with Gasteiger partial charge in [0, 0.05) is 35.6 Å². The molecule has 7 heteroatoms. The van der Waals surface area contributed by atoms with Gasteiger partial charge >= 0.3 is 0 Å². The van der Waals surface area contributed by atoms with Crippen LogP contribution in [-0.4, -0.2) is 26.7 Å². The zero-order valence-electron chi connectivity index (χ0n) is 14.1. The van der Waals surface area contributed by atoms with Crippen LogP contribution in [-0.2, 0) is 11.3 Å². The number of carbonyl (C=O) groups is 1. The summed E-state index contributed by atoms with van der Waals surface area (Å²) in [5.41, 5.74) is 1.13. The van der Waals surface area contributed by atoms with Crippen LogP contribution in [0.1, 0.15) is 12.0 Å². The van der Waals surface area contributed by atoms with Gasteiger partial charge in [-0.05, 0) is 24.3 Å². The van der Waals surface area contributed by atoms with Gasteiger partial charge in [-0.15, -0.1) is 0 Å². The molecular formula is C18H20BrFN2O3. The second-order valence-electron chi connectivity index (χ2n) is 5.28. The highest BCUT2D eigenvalue weighted by molar-refractivity contribution is 9.10. The van der Waals surface area contributed by atoms with Crippen LogP contribution in [0.3, 0.4) is 0 Å². The Balaban J connectivity index is 1.80. The van der Waals surface area contributed by atoms with Gasteiger partial charge in [0.15, 0.2) is 0 Å². The first kappa shape index (κ1) is 19.2. The first-order valence-electron chi connectivity index (χ1n) is 7.70. The van der Waals surface area contributed by atoms with Crippen molar-refractivity contribution in [3.63, 3.8) is 0 Å². The maximum Gasteiger partial charge on any atom is 0.225 e. The molecule has 0 atom stereocenters. The monoisotopic (exact) mass is 410 g/mol. The molecule has 0 aliphatic heterocycles. The molecule has 0 fully saturated rings. The Kier molecular flexibility index (Phi) is 7.21. The molecule has 0 aliphatic carbocycles. The average molecular weight is 411 g/mol. The lowest BCUT2D eigenvalue weighted by Gasteiger charge is -2.11. The second-order valence-corrected chi connectivity index (χ2v) is 6.19. The summed E-state index contributed by atoms with van der Waals surface area (Å²) in [5.74, 6) is 0.707. The summed E-state index contributed by atoms with van der Waals surface area (Å²) >= 11 is 3.18. The van der Waals surface area contributed by atoms with Crippen LogP contribution in [0.4, 0.5) is 10.1 Å². The molecule has 0 saturated carbocycles. The molecule has 2 aromatic rings. The highest BCUT2D eigenvalue weighted by Crippen LogP contribution is 2.24. The first-order chi connectivity index (χ1) is 12.0. The topological polar surface area (TPSA) is 59.6 Å². The van der Waals surface area contributed by atoms with E-state index in [2.05, 4.69) is 26.6 Å². The van der Waals surface area contributed by atoms with Crippen molar-refractivity contribution in [2.45, 2.75) is 13.0 Å². The number of rotatable bonds is 8. The van der Waals surface area contributed by atoms with Crippen molar-refractivity contribution in [1.82, 2.24) is 5.32 Å². The lowest BCUT2D eigenvalue weighted by molar-refractivity contribution is -0.116. The zero-order valence-corrected chi connectivity index (χ0v) is 15.7. The second kappa shape index (κ2) is 9.39. The van der Waals surface area contributed by atoms with Crippen LogP contribution in [0.25, 0.3) is 0 Å². The third-order valence-corrected chi connectivity index (χ3v) is 4.04. The minimum Gasteiger partial charge on any atom is -0.497 e. The lowest BCUT2D eigenvalue weighted by Crippen LogP contribution is -2.22. The number of hydrogen-bond acceptors (Lipinski definition) is 4. The number of benzene rings is 2. The summed E-state index contributed by atoms with van der Waals surface area (Å²) in [5, 5.41) is 5.73. The van der Waals surface area contributed by atoms with E-state index in [1.165, 1.54) is 12.1 Å². The smallest absolute Gasteiger partial charge is 0.225 e. The van der Waals surface area contributed by atoms with Gasteiger partial charge < -0.3 is 20.1 Å². The molecule has 0 bridgehead atoms. The standard InChI is InChI=1S/C18H20BrFN2O3/c1-24-14-5-3-12(17(10-14)25-2)11-21-8-7-18(23)22-16-6-4-13(19)9-15(16)20/h3-6,9-10,21H,7-8,11H2,1-2H3,(H,22,23). The van der Waals surface area contributed by atoms with Crippen LogP contribution < -0.4 is 20.1 Å². The number of nitrogens with one attached hydrogen (secondary N) is 2.